The highest BCUT2D eigenvalue weighted by molar-refractivity contribution is 6.07. The average Bonchev–Trinajstić information content (AvgIpc) is 3.78. The molecule has 11 heteroatoms. The minimum Gasteiger partial charge on any atom is -0.497 e. The number of carbonyl (C=O) groups is 1. The van der Waals surface area contributed by atoms with Crippen LogP contribution in [0.4, 0.5) is 0 Å². The number of carbonyl (C=O) groups excluding carboxylic acids is 1. The number of oxazole rings is 1. The number of benzene rings is 2. The third-order valence-corrected chi connectivity index (χ3v) is 7.55. The second kappa shape index (κ2) is 12.6. The van der Waals surface area contributed by atoms with Gasteiger partial charge in [-0.15, -0.1) is 0 Å². The van der Waals surface area contributed by atoms with Crippen molar-refractivity contribution in [2.24, 2.45) is 0 Å². The van der Waals surface area contributed by atoms with E-state index in [1.54, 1.807) is 38.9 Å². The third kappa shape index (κ3) is 5.84. The number of aromatic nitrogens is 5. The van der Waals surface area contributed by atoms with Crippen LogP contribution in [0.2, 0.25) is 0 Å². The number of pyridine rings is 1. The van der Waals surface area contributed by atoms with Gasteiger partial charge in [0, 0.05) is 42.0 Å². The van der Waals surface area contributed by atoms with E-state index in [0.29, 0.717) is 58.9 Å². The van der Waals surface area contributed by atoms with Gasteiger partial charge < -0.3 is 23.9 Å². The topological polar surface area (TPSA) is 118 Å². The highest BCUT2D eigenvalue weighted by Gasteiger charge is 2.24. The van der Waals surface area contributed by atoms with Gasteiger partial charge in [0.05, 0.1) is 31.5 Å². The van der Waals surface area contributed by atoms with Crippen LogP contribution in [-0.2, 0) is 19.7 Å². The summed E-state index contributed by atoms with van der Waals surface area (Å²) in [5.74, 6) is 2.51. The van der Waals surface area contributed by atoms with Crippen molar-refractivity contribution in [1.82, 2.24) is 29.6 Å². The van der Waals surface area contributed by atoms with Crippen molar-refractivity contribution in [3.63, 3.8) is 0 Å². The molecule has 6 rings (SSSR count). The van der Waals surface area contributed by atoms with E-state index in [1.807, 2.05) is 78.6 Å². The first-order valence-corrected chi connectivity index (χ1v) is 14.6. The summed E-state index contributed by atoms with van der Waals surface area (Å²) in [5.41, 5.74) is 5.23. The first-order valence-electron chi connectivity index (χ1n) is 14.6. The second-order valence-corrected chi connectivity index (χ2v) is 10.5. The predicted molar refractivity (Wildman–Crippen MR) is 169 cm³/mol. The zero-order chi connectivity index (χ0) is 31.5. The highest BCUT2D eigenvalue weighted by Crippen LogP contribution is 2.35. The van der Waals surface area contributed by atoms with Crippen LogP contribution in [0.5, 0.6) is 17.2 Å². The number of hydrogen-bond donors (Lipinski definition) is 1. The van der Waals surface area contributed by atoms with E-state index < -0.39 is 0 Å². The zero-order valence-corrected chi connectivity index (χ0v) is 25.8. The van der Waals surface area contributed by atoms with E-state index in [2.05, 4.69) is 15.4 Å². The van der Waals surface area contributed by atoms with Crippen LogP contribution >= 0.6 is 0 Å². The molecular weight excluding hydrogens is 572 g/mol. The van der Waals surface area contributed by atoms with Crippen molar-refractivity contribution in [3.05, 3.63) is 101 Å². The minimum atomic E-state index is -0.248. The third-order valence-electron chi connectivity index (χ3n) is 7.55. The Morgan fingerprint density at radius 3 is 2.62 bits per heavy atom. The van der Waals surface area contributed by atoms with E-state index in [9.17, 15) is 4.79 Å². The van der Waals surface area contributed by atoms with Crippen LogP contribution in [-0.4, -0.2) is 44.4 Å². The standard InChI is InChI=1S/C34H34N6O5/c1-6-40-31(32(22(3)38-40)44-19-23-10-8-7-9-11-23)34-37-30(20-45-34)39-18-27(26-14-21(2)35-17-28(26)39)33(41)36-16-24-12-13-25(42-4)15-29(24)43-5/h7-15,17-18,20H,6,16,19H2,1-5H3,(H,36,41). The summed E-state index contributed by atoms with van der Waals surface area (Å²) in [6, 6.07) is 17.3. The lowest BCUT2D eigenvalue weighted by atomic mass is 10.1. The molecule has 0 fully saturated rings. The number of ether oxygens (including phenoxy) is 3. The molecule has 6 aromatic rings. The first-order chi connectivity index (χ1) is 21.9. The van der Waals surface area contributed by atoms with Crippen molar-refractivity contribution in [2.45, 2.75) is 40.5 Å². The van der Waals surface area contributed by atoms with Gasteiger partial charge in [0.2, 0.25) is 0 Å². The molecule has 1 N–H and O–H groups in total. The Balaban J connectivity index is 1.32. The van der Waals surface area contributed by atoms with Gasteiger partial charge in [-0.3, -0.25) is 19.0 Å². The Bertz CT molecular complexity index is 1970. The van der Waals surface area contributed by atoms with E-state index in [1.165, 1.54) is 0 Å². The fraction of sp³-hybridized carbons (Fsp3) is 0.235. The van der Waals surface area contributed by atoms with Crippen molar-refractivity contribution in [1.29, 1.82) is 0 Å². The van der Waals surface area contributed by atoms with Gasteiger partial charge in [-0.25, -0.2) is 0 Å². The Morgan fingerprint density at radius 1 is 1.04 bits per heavy atom. The van der Waals surface area contributed by atoms with Gasteiger partial charge in [-0.1, -0.05) is 30.3 Å². The molecule has 45 heavy (non-hydrogen) atoms. The van der Waals surface area contributed by atoms with Crippen LogP contribution in [0, 0.1) is 13.8 Å². The molecule has 0 unspecified atom stereocenters. The molecule has 4 heterocycles. The number of hydrogen-bond acceptors (Lipinski definition) is 8. The first kappa shape index (κ1) is 29.5. The van der Waals surface area contributed by atoms with Gasteiger partial charge in [-0.05, 0) is 44.5 Å². The number of nitrogens with one attached hydrogen (secondary N) is 1. The fourth-order valence-electron chi connectivity index (χ4n) is 5.26. The quantitative estimate of drug-likeness (QED) is 0.190. The van der Waals surface area contributed by atoms with E-state index >= 15 is 0 Å². The highest BCUT2D eigenvalue weighted by atomic mass is 16.5. The number of rotatable bonds is 11. The maximum absolute atomic E-state index is 13.6. The molecule has 0 bridgehead atoms. The van der Waals surface area contributed by atoms with Crippen molar-refractivity contribution in [3.8, 4) is 34.7 Å². The van der Waals surface area contributed by atoms with Crippen LogP contribution in [0.15, 0.2) is 77.7 Å². The largest absolute Gasteiger partial charge is 0.497 e. The fourth-order valence-corrected chi connectivity index (χ4v) is 5.26. The normalized spacial score (nSPS) is 11.1. The Labute approximate surface area is 260 Å². The molecule has 0 spiro atoms. The Kier molecular flexibility index (Phi) is 8.24. The van der Waals surface area contributed by atoms with Crippen LogP contribution in [0.3, 0.4) is 0 Å². The average molecular weight is 607 g/mol. The summed E-state index contributed by atoms with van der Waals surface area (Å²) in [7, 11) is 3.18. The van der Waals surface area contributed by atoms with Gasteiger partial charge in [0.25, 0.3) is 11.8 Å². The van der Waals surface area contributed by atoms with E-state index in [0.717, 1.165) is 27.9 Å². The molecule has 0 aliphatic heterocycles. The van der Waals surface area contributed by atoms with Gasteiger partial charge in [-0.2, -0.15) is 10.1 Å². The summed E-state index contributed by atoms with van der Waals surface area (Å²) in [4.78, 5) is 22.9. The van der Waals surface area contributed by atoms with Gasteiger partial charge in [0.15, 0.2) is 17.3 Å². The summed E-state index contributed by atoms with van der Waals surface area (Å²) in [5, 5.41) is 8.43. The predicted octanol–water partition coefficient (Wildman–Crippen LogP) is 6.04. The maximum Gasteiger partial charge on any atom is 0.253 e. The molecule has 0 atom stereocenters. The Morgan fingerprint density at radius 2 is 1.87 bits per heavy atom. The lowest BCUT2D eigenvalue weighted by molar-refractivity contribution is 0.0952. The van der Waals surface area contributed by atoms with Crippen molar-refractivity contribution in [2.75, 3.05) is 14.2 Å². The van der Waals surface area contributed by atoms with Crippen LogP contribution < -0.4 is 19.5 Å². The summed E-state index contributed by atoms with van der Waals surface area (Å²) in [6.07, 6.45) is 5.04. The lowest BCUT2D eigenvalue weighted by Gasteiger charge is -2.11. The second-order valence-electron chi connectivity index (χ2n) is 10.5. The van der Waals surface area contributed by atoms with Crippen LogP contribution in [0.1, 0.15) is 39.8 Å². The van der Waals surface area contributed by atoms with Crippen molar-refractivity contribution >= 4 is 16.8 Å². The molecule has 0 saturated heterocycles. The molecule has 0 saturated carbocycles. The van der Waals surface area contributed by atoms with Gasteiger partial charge >= 0.3 is 0 Å². The summed E-state index contributed by atoms with van der Waals surface area (Å²) >= 11 is 0. The van der Waals surface area contributed by atoms with Crippen molar-refractivity contribution < 1.29 is 23.4 Å². The number of nitrogens with zero attached hydrogens (tertiary/aromatic N) is 5. The number of fused-ring (bicyclic) bond motifs is 1. The molecule has 11 nitrogen and oxygen atoms in total. The molecule has 0 aliphatic rings. The molecule has 2 aromatic carbocycles. The van der Waals surface area contributed by atoms with E-state index in [-0.39, 0.29) is 12.5 Å². The molecule has 0 aliphatic carbocycles. The van der Waals surface area contributed by atoms with Gasteiger partial charge in [0.1, 0.15) is 30.1 Å². The number of aryl methyl sites for hydroxylation is 3. The molecular formula is C34H34N6O5. The summed E-state index contributed by atoms with van der Waals surface area (Å²) in [6.45, 7) is 7.04. The number of amides is 1. The maximum atomic E-state index is 13.6. The molecule has 1 amide bonds. The minimum absolute atomic E-state index is 0.248. The number of methoxy groups -OCH3 is 2. The smallest absolute Gasteiger partial charge is 0.253 e. The van der Waals surface area contributed by atoms with E-state index in [4.69, 9.17) is 23.6 Å². The SMILES string of the molecule is CCn1nc(C)c(OCc2ccccc2)c1-c1nc(-n2cc(C(=O)NCc3ccc(OC)cc3OC)c3cc(C)ncc32)co1. The molecule has 4 aromatic heterocycles. The van der Waals surface area contributed by atoms with Crippen LogP contribution in [0.25, 0.3) is 28.3 Å². The molecule has 0 radical (unpaired) electrons. The summed E-state index contributed by atoms with van der Waals surface area (Å²) < 4.78 is 26.7. The molecule has 230 valence electrons. The Hall–Kier alpha value is -5.58. The lowest BCUT2D eigenvalue weighted by Crippen LogP contribution is -2.23. The zero-order valence-electron chi connectivity index (χ0n) is 25.8. The monoisotopic (exact) mass is 606 g/mol.